The van der Waals surface area contributed by atoms with E-state index >= 15 is 0 Å². The molecule has 2 aromatic heterocycles. The standard InChI is InChI=1S/C19H25N5O2/c1-4-5-13(3)26-19-22-17(20)16-8-15(25)11-24(18(16)23-19)10-14-7-6-12(2)21-9-14/h6-7,9,13H,4-5,8,10-11H2,1-3H3,(H2,20,22,23). The van der Waals surface area contributed by atoms with Crippen LogP contribution in [-0.2, 0) is 17.8 Å². The van der Waals surface area contributed by atoms with Gasteiger partial charge in [0.2, 0.25) is 0 Å². The van der Waals surface area contributed by atoms with E-state index in [1.165, 1.54) is 0 Å². The molecule has 1 aliphatic rings. The number of ketones is 1. The molecule has 7 nitrogen and oxygen atoms in total. The average Bonchev–Trinajstić information content (AvgIpc) is 2.58. The molecule has 0 aliphatic carbocycles. The fraction of sp³-hybridized carbons (Fsp3) is 0.474. The largest absolute Gasteiger partial charge is 0.460 e. The van der Waals surface area contributed by atoms with E-state index in [9.17, 15) is 4.79 Å². The van der Waals surface area contributed by atoms with Gasteiger partial charge in [0.25, 0.3) is 0 Å². The molecule has 1 unspecified atom stereocenters. The number of pyridine rings is 1. The zero-order chi connectivity index (χ0) is 18.7. The highest BCUT2D eigenvalue weighted by Crippen LogP contribution is 2.30. The average molecular weight is 355 g/mol. The van der Waals surface area contributed by atoms with Gasteiger partial charge in [0.05, 0.1) is 12.6 Å². The molecule has 3 heterocycles. The first kappa shape index (κ1) is 18.1. The number of anilines is 2. The van der Waals surface area contributed by atoms with E-state index < -0.39 is 0 Å². The number of carbonyl (C=O) groups excluding carboxylic acids is 1. The van der Waals surface area contributed by atoms with Crippen LogP contribution in [0.5, 0.6) is 6.01 Å². The Balaban J connectivity index is 1.90. The lowest BCUT2D eigenvalue weighted by Gasteiger charge is -2.30. The third-order valence-electron chi connectivity index (χ3n) is 4.39. The number of hydrogen-bond donors (Lipinski definition) is 1. The summed E-state index contributed by atoms with van der Waals surface area (Å²) < 4.78 is 5.82. The Hall–Kier alpha value is -2.70. The van der Waals surface area contributed by atoms with Crippen LogP contribution in [0.1, 0.15) is 43.5 Å². The van der Waals surface area contributed by atoms with Crippen LogP contribution in [0.15, 0.2) is 18.3 Å². The second kappa shape index (κ2) is 7.68. The van der Waals surface area contributed by atoms with Crippen molar-refractivity contribution in [3.8, 4) is 6.01 Å². The van der Waals surface area contributed by atoms with E-state index in [-0.39, 0.29) is 24.3 Å². The molecule has 0 bridgehead atoms. The fourth-order valence-electron chi connectivity index (χ4n) is 3.08. The Bertz CT molecular complexity index is 791. The van der Waals surface area contributed by atoms with Crippen molar-refractivity contribution in [1.29, 1.82) is 0 Å². The van der Waals surface area contributed by atoms with Gasteiger partial charge in [-0.2, -0.15) is 9.97 Å². The molecular formula is C19H25N5O2. The summed E-state index contributed by atoms with van der Waals surface area (Å²) >= 11 is 0. The van der Waals surface area contributed by atoms with Gasteiger partial charge in [0.1, 0.15) is 11.6 Å². The minimum atomic E-state index is 0.0115. The van der Waals surface area contributed by atoms with Gasteiger partial charge in [-0.1, -0.05) is 19.4 Å². The van der Waals surface area contributed by atoms with Crippen molar-refractivity contribution < 1.29 is 9.53 Å². The van der Waals surface area contributed by atoms with Gasteiger partial charge in [0.15, 0.2) is 5.78 Å². The summed E-state index contributed by atoms with van der Waals surface area (Å²) in [5, 5.41) is 0. The van der Waals surface area contributed by atoms with Crippen LogP contribution >= 0.6 is 0 Å². The Kier molecular flexibility index (Phi) is 5.35. The number of ether oxygens (including phenoxy) is 1. The third kappa shape index (κ3) is 4.09. The summed E-state index contributed by atoms with van der Waals surface area (Å²) in [5.74, 6) is 1.09. The molecule has 26 heavy (non-hydrogen) atoms. The molecule has 3 rings (SSSR count). The van der Waals surface area contributed by atoms with E-state index in [1.54, 1.807) is 0 Å². The third-order valence-corrected chi connectivity index (χ3v) is 4.39. The first-order chi connectivity index (χ1) is 12.5. The van der Waals surface area contributed by atoms with Gasteiger partial charge in [-0.15, -0.1) is 0 Å². The lowest BCUT2D eigenvalue weighted by Crippen LogP contribution is -2.37. The summed E-state index contributed by atoms with van der Waals surface area (Å²) in [7, 11) is 0. The molecule has 0 radical (unpaired) electrons. The van der Waals surface area contributed by atoms with E-state index in [2.05, 4.69) is 21.9 Å². The minimum Gasteiger partial charge on any atom is -0.460 e. The SMILES string of the molecule is CCCC(C)Oc1nc(N)c2c(n1)N(Cc1ccc(C)nc1)CC(=O)C2. The molecule has 0 aromatic carbocycles. The van der Waals surface area contributed by atoms with Gasteiger partial charge in [-0.3, -0.25) is 9.78 Å². The first-order valence-corrected chi connectivity index (χ1v) is 8.97. The molecule has 0 fully saturated rings. The first-order valence-electron chi connectivity index (χ1n) is 8.97. The van der Waals surface area contributed by atoms with Crippen molar-refractivity contribution in [2.24, 2.45) is 0 Å². The number of fused-ring (bicyclic) bond motifs is 1. The van der Waals surface area contributed by atoms with Crippen LogP contribution in [0.25, 0.3) is 0 Å². The summed E-state index contributed by atoms with van der Waals surface area (Å²) in [4.78, 5) is 27.2. The highest BCUT2D eigenvalue weighted by Gasteiger charge is 2.28. The molecule has 2 aromatic rings. The topological polar surface area (TPSA) is 94.2 Å². The number of nitrogens with zero attached hydrogens (tertiary/aromatic N) is 4. The second-order valence-corrected chi connectivity index (χ2v) is 6.79. The van der Waals surface area contributed by atoms with Crippen molar-refractivity contribution in [3.05, 3.63) is 35.2 Å². The number of aromatic nitrogens is 3. The van der Waals surface area contributed by atoms with Gasteiger partial charge >= 0.3 is 6.01 Å². The van der Waals surface area contributed by atoms with E-state index in [0.717, 1.165) is 24.1 Å². The summed E-state index contributed by atoms with van der Waals surface area (Å²) in [5.41, 5.74) is 8.75. The number of nitrogens with two attached hydrogens (primary N) is 1. The molecule has 7 heteroatoms. The number of hydrogen-bond acceptors (Lipinski definition) is 7. The number of Topliss-reactive ketones (excluding diaryl/α,β-unsaturated/α-hetero) is 1. The zero-order valence-corrected chi connectivity index (χ0v) is 15.5. The van der Waals surface area contributed by atoms with Crippen molar-refractivity contribution in [3.63, 3.8) is 0 Å². The van der Waals surface area contributed by atoms with Crippen molar-refractivity contribution >= 4 is 17.4 Å². The number of nitrogen functional groups attached to an aromatic ring is 1. The minimum absolute atomic E-state index is 0.0115. The Morgan fingerprint density at radius 2 is 2.15 bits per heavy atom. The van der Waals surface area contributed by atoms with Crippen molar-refractivity contribution in [2.75, 3.05) is 17.2 Å². The Morgan fingerprint density at radius 1 is 1.35 bits per heavy atom. The van der Waals surface area contributed by atoms with Crippen LogP contribution in [0.3, 0.4) is 0 Å². The maximum atomic E-state index is 12.2. The molecule has 1 atom stereocenters. The molecule has 2 N–H and O–H groups in total. The maximum Gasteiger partial charge on any atom is 0.320 e. The molecule has 0 amide bonds. The predicted molar refractivity (Wildman–Crippen MR) is 100 cm³/mol. The molecule has 0 saturated carbocycles. The maximum absolute atomic E-state index is 12.2. The van der Waals surface area contributed by atoms with E-state index in [1.807, 2.05) is 37.1 Å². The molecule has 0 spiro atoms. The normalized spacial score (nSPS) is 14.9. The van der Waals surface area contributed by atoms with Crippen LogP contribution in [0, 0.1) is 6.92 Å². The second-order valence-electron chi connectivity index (χ2n) is 6.79. The lowest BCUT2D eigenvalue weighted by atomic mass is 10.0. The van der Waals surface area contributed by atoms with E-state index in [4.69, 9.17) is 10.5 Å². The Morgan fingerprint density at radius 3 is 2.85 bits per heavy atom. The predicted octanol–water partition coefficient (Wildman–Crippen LogP) is 2.46. The smallest absolute Gasteiger partial charge is 0.320 e. The quantitative estimate of drug-likeness (QED) is 0.850. The summed E-state index contributed by atoms with van der Waals surface area (Å²) in [6.07, 6.45) is 4.02. The molecule has 138 valence electrons. The van der Waals surface area contributed by atoms with Crippen molar-refractivity contribution in [2.45, 2.75) is 52.7 Å². The summed E-state index contributed by atoms with van der Waals surface area (Å²) in [6, 6.07) is 4.23. The zero-order valence-electron chi connectivity index (χ0n) is 15.5. The molecular weight excluding hydrogens is 330 g/mol. The van der Waals surface area contributed by atoms with Gasteiger partial charge in [-0.25, -0.2) is 0 Å². The summed E-state index contributed by atoms with van der Waals surface area (Å²) in [6.45, 7) is 6.86. The number of carbonyl (C=O) groups is 1. The van der Waals surface area contributed by atoms with Gasteiger partial charge < -0.3 is 15.4 Å². The van der Waals surface area contributed by atoms with Crippen LogP contribution in [-0.4, -0.2) is 33.4 Å². The number of aryl methyl sites for hydroxylation is 1. The number of rotatable bonds is 6. The van der Waals surface area contributed by atoms with Crippen molar-refractivity contribution in [1.82, 2.24) is 15.0 Å². The monoisotopic (exact) mass is 355 g/mol. The molecule has 0 saturated heterocycles. The van der Waals surface area contributed by atoms with Gasteiger partial charge in [-0.05, 0) is 31.9 Å². The van der Waals surface area contributed by atoms with Crippen LogP contribution in [0.4, 0.5) is 11.6 Å². The Labute approximate surface area is 153 Å². The van der Waals surface area contributed by atoms with E-state index in [0.29, 0.717) is 30.3 Å². The van der Waals surface area contributed by atoms with Gasteiger partial charge in [0, 0.05) is 30.4 Å². The fourth-order valence-corrected chi connectivity index (χ4v) is 3.08. The molecule has 1 aliphatic heterocycles. The van der Waals surface area contributed by atoms with Crippen LogP contribution in [0.2, 0.25) is 0 Å². The highest BCUT2D eigenvalue weighted by atomic mass is 16.5. The van der Waals surface area contributed by atoms with Crippen LogP contribution < -0.4 is 15.4 Å². The lowest BCUT2D eigenvalue weighted by molar-refractivity contribution is -0.117. The highest BCUT2D eigenvalue weighted by molar-refractivity contribution is 5.91.